The molecule has 0 spiro atoms. The largest absolute Gasteiger partial charge is 0.352 e. The van der Waals surface area contributed by atoms with Gasteiger partial charge in [-0.3, -0.25) is 9.78 Å². The van der Waals surface area contributed by atoms with E-state index in [0.717, 1.165) is 16.5 Å². The smallest absolute Gasteiger partial charge is 0.219 e. The molecule has 22 heavy (non-hydrogen) atoms. The van der Waals surface area contributed by atoms with Gasteiger partial charge in [-0.1, -0.05) is 43.3 Å². The molecule has 0 fully saturated rings. The first-order valence-corrected chi connectivity index (χ1v) is 7.46. The fourth-order valence-electron chi connectivity index (χ4n) is 2.55. The molecule has 3 heteroatoms. The Labute approximate surface area is 130 Å². The Kier molecular flexibility index (Phi) is 4.15. The van der Waals surface area contributed by atoms with Gasteiger partial charge in [-0.25, -0.2) is 0 Å². The van der Waals surface area contributed by atoms with Crippen molar-refractivity contribution in [2.45, 2.75) is 19.9 Å². The van der Waals surface area contributed by atoms with Crippen LogP contribution in [0.1, 0.15) is 18.9 Å². The highest BCUT2D eigenvalue weighted by molar-refractivity contribution is 5.96. The van der Waals surface area contributed by atoms with Crippen LogP contribution in [0.2, 0.25) is 0 Å². The first kappa shape index (κ1) is 14.3. The minimum absolute atomic E-state index is 0.0710. The van der Waals surface area contributed by atoms with Gasteiger partial charge in [0.2, 0.25) is 5.91 Å². The lowest BCUT2D eigenvalue weighted by Crippen LogP contribution is -2.21. The van der Waals surface area contributed by atoms with Crippen molar-refractivity contribution >= 4 is 16.7 Å². The van der Waals surface area contributed by atoms with E-state index in [-0.39, 0.29) is 5.91 Å². The van der Waals surface area contributed by atoms with Gasteiger partial charge in [-0.05, 0) is 34.2 Å². The Morgan fingerprint density at radius 3 is 2.86 bits per heavy atom. The number of nitrogens with zero attached hydrogens (tertiary/aromatic N) is 1. The summed E-state index contributed by atoms with van der Waals surface area (Å²) < 4.78 is 0. The molecule has 0 aliphatic rings. The number of benzene rings is 2. The number of hydrogen-bond acceptors (Lipinski definition) is 2. The highest BCUT2D eigenvalue weighted by Crippen LogP contribution is 2.28. The predicted octanol–water partition coefficient (Wildman–Crippen LogP) is 3.93. The van der Waals surface area contributed by atoms with Gasteiger partial charge in [0.15, 0.2) is 0 Å². The van der Waals surface area contributed by atoms with E-state index in [4.69, 9.17) is 0 Å². The molecule has 0 aliphatic carbocycles. The van der Waals surface area contributed by atoms with Crippen molar-refractivity contribution in [3.05, 3.63) is 66.5 Å². The van der Waals surface area contributed by atoms with Crippen LogP contribution in [-0.4, -0.2) is 10.9 Å². The number of carbonyl (C=O) groups excluding carboxylic acids is 1. The zero-order valence-corrected chi connectivity index (χ0v) is 12.5. The van der Waals surface area contributed by atoms with Crippen LogP contribution in [0.5, 0.6) is 0 Å². The molecular weight excluding hydrogens is 272 g/mol. The number of pyridine rings is 1. The van der Waals surface area contributed by atoms with Crippen LogP contribution in [0.15, 0.2) is 60.9 Å². The third-order valence-corrected chi connectivity index (χ3v) is 3.73. The summed E-state index contributed by atoms with van der Waals surface area (Å²) in [5, 5.41) is 5.23. The minimum Gasteiger partial charge on any atom is -0.352 e. The zero-order chi connectivity index (χ0) is 15.4. The second-order valence-corrected chi connectivity index (χ2v) is 5.23. The molecule has 110 valence electrons. The van der Waals surface area contributed by atoms with Crippen molar-refractivity contribution in [3.63, 3.8) is 0 Å². The lowest BCUT2D eigenvalue weighted by atomic mass is 9.98. The molecule has 1 aromatic heterocycles. The molecule has 3 rings (SSSR count). The number of aromatic nitrogens is 1. The standard InChI is InChI=1S/C19H18N2O/c1-2-19(22)21-12-14-5-3-6-15(11-14)17-8-4-7-16-13-20-10-9-18(16)17/h3-11,13H,2,12H2,1H3,(H,21,22). The van der Waals surface area contributed by atoms with Crippen LogP contribution < -0.4 is 5.32 Å². The van der Waals surface area contributed by atoms with Crippen LogP contribution >= 0.6 is 0 Å². The SMILES string of the molecule is CCC(=O)NCc1cccc(-c2cccc3cnccc23)c1. The number of amides is 1. The minimum atomic E-state index is 0.0710. The first-order chi connectivity index (χ1) is 10.8. The Morgan fingerprint density at radius 2 is 2.00 bits per heavy atom. The monoisotopic (exact) mass is 290 g/mol. The molecule has 0 saturated heterocycles. The van der Waals surface area contributed by atoms with Gasteiger partial charge in [0, 0.05) is 30.7 Å². The Hall–Kier alpha value is -2.68. The third-order valence-electron chi connectivity index (χ3n) is 3.73. The van der Waals surface area contributed by atoms with Crippen LogP contribution in [0.4, 0.5) is 0 Å². The van der Waals surface area contributed by atoms with Crippen molar-refractivity contribution < 1.29 is 4.79 Å². The summed E-state index contributed by atoms with van der Waals surface area (Å²) in [5.74, 6) is 0.0710. The summed E-state index contributed by atoms with van der Waals surface area (Å²) in [7, 11) is 0. The van der Waals surface area contributed by atoms with E-state index in [1.165, 1.54) is 10.9 Å². The summed E-state index contributed by atoms with van der Waals surface area (Å²) in [6.07, 6.45) is 4.21. The molecule has 0 aliphatic heterocycles. The summed E-state index contributed by atoms with van der Waals surface area (Å²) in [4.78, 5) is 15.6. The van der Waals surface area contributed by atoms with Crippen molar-refractivity contribution in [3.8, 4) is 11.1 Å². The van der Waals surface area contributed by atoms with Gasteiger partial charge in [-0.15, -0.1) is 0 Å². The predicted molar refractivity (Wildman–Crippen MR) is 89.3 cm³/mol. The van der Waals surface area contributed by atoms with E-state index >= 15 is 0 Å². The van der Waals surface area contributed by atoms with E-state index < -0.39 is 0 Å². The lowest BCUT2D eigenvalue weighted by molar-refractivity contribution is -0.120. The molecule has 0 saturated carbocycles. The van der Waals surface area contributed by atoms with Gasteiger partial charge >= 0.3 is 0 Å². The molecule has 1 heterocycles. The van der Waals surface area contributed by atoms with E-state index in [1.807, 2.05) is 43.6 Å². The molecule has 2 aromatic carbocycles. The summed E-state index contributed by atoms with van der Waals surface area (Å²) in [6.45, 7) is 2.42. The van der Waals surface area contributed by atoms with Gasteiger partial charge in [-0.2, -0.15) is 0 Å². The highest BCUT2D eigenvalue weighted by atomic mass is 16.1. The van der Waals surface area contributed by atoms with Crippen LogP contribution in [0, 0.1) is 0 Å². The Bertz CT molecular complexity index is 806. The number of rotatable bonds is 4. The van der Waals surface area contributed by atoms with E-state index in [2.05, 4.69) is 34.6 Å². The summed E-state index contributed by atoms with van der Waals surface area (Å²) >= 11 is 0. The number of nitrogens with one attached hydrogen (secondary N) is 1. The van der Waals surface area contributed by atoms with Crippen molar-refractivity contribution in [2.24, 2.45) is 0 Å². The van der Waals surface area contributed by atoms with Crippen molar-refractivity contribution in [1.82, 2.24) is 10.3 Å². The fraction of sp³-hybridized carbons (Fsp3) is 0.158. The number of hydrogen-bond donors (Lipinski definition) is 1. The molecule has 0 unspecified atom stereocenters. The molecule has 1 N–H and O–H groups in total. The molecular formula is C19H18N2O. The lowest BCUT2D eigenvalue weighted by Gasteiger charge is -2.09. The zero-order valence-electron chi connectivity index (χ0n) is 12.5. The fourth-order valence-corrected chi connectivity index (χ4v) is 2.55. The second kappa shape index (κ2) is 6.39. The maximum atomic E-state index is 11.4. The Balaban J connectivity index is 1.95. The van der Waals surface area contributed by atoms with E-state index in [9.17, 15) is 4.79 Å². The topological polar surface area (TPSA) is 42.0 Å². The van der Waals surface area contributed by atoms with Gasteiger partial charge in [0.25, 0.3) is 0 Å². The first-order valence-electron chi connectivity index (χ1n) is 7.46. The molecule has 0 bridgehead atoms. The van der Waals surface area contributed by atoms with Crippen LogP contribution in [0.25, 0.3) is 21.9 Å². The second-order valence-electron chi connectivity index (χ2n) is 5.23. The highest BCUT2D eigenvalue weighted by Gasteiger charge is 2.05. The molecule has 0 radical (unpaired) electrons. The van der Waals surface area contributed by atoms with E-state index in [1.54, 1.807) is 0 Å². The molecule has 3 nitrogen and oxygen atoms in total. The third kappa shape index (κ3) is 2.98. The average Bonchev–Trinajstić information content (AvgIpc) is 2.59. The van der Waals surface area contributed by atoms with Gasteiger partial charge in [0.1, 0.15) is 0 Å². The number of carbonyl (C=O) groups is 1. The summed E-state index contributed by atoms with van der Waals surface area (Å²) in [6, 6.07) is 16.6. The maximum Gasteiger partial charge on any atom is 0.219 e. The van der Waals surface area contributed by atoms with E-state index in [0.29, 0.717) is 13.0 Å². The van der Waals surface area contributed by atoms with Crippen molar-refractivity contribution in [1.29, 1.82) is 0 Å². The normalized spacial score (nSPS) is 10.6. The molecule has 3 aromatic rings. The quantitative estimate of drug-likeness (QED) is 0.791. The maximum absolute atomic E-state index is 11.4. The van der Waals surface area contributed by atoms with Gasteiger partial charge < -0.3 is 5.32 Å². The van der Waals surface area contributed by atoms with Crippen LogP contribution in [-0.2, 0) is 11.3 Å². The average molecular weight is 290 g/mol. The summed E-state index contributed by atoms with van der Waals surface area (Å²) in [5.41, 5.74) is 3.44. The van der Waals surface area contributed by atoms with Gasteiger partial charge in [0.05, 0.1) is 0 Å². The molecule has 1 amide bonds. The molecule has 0 atom stereocenters. The van der Waals surface area contributed by atoms with Crippen LogP contribution in [0.3, 0.4) is 0 Å². The Morgan fingerprint density at radius 1 is 1.14 bits per heavy atom. The van der Waals surface area contributed by atoms with Crippen molar-refractivity contribution in [2.75, 3.05) is 0 Å². The number of fused-ring (bicyclic) bond motifs is 1.